The number of phenols is 1. The van der Waals surface area contributed by atoms with Gasteiger partial charge in [-0.25, -0.2) is 4.79 Å². The molecule has 3 aromatic carbocycles. The van der Waals surface area contributed by atoms with E-state index in [-0.39, 0.29) is 39.2 Å². The summed E-state index contributed by atoms with van der Waals surface area (Å²) < 4.78 is 0.454. The first-order valence-electron chi connectivity index (χ1n) is 11.4. The van der Waals surface area contributed by atoms with E-state index < -0.39 is 36.0 Å². The molecule has 1 aromatic heterocycles. The normalized spacial score (nSPS) is 11.7. The van der Waals surface area contributed by atoms with E-state index in [1.54, 1.807) is 36.4 Å². The number of aromatic hydroxyl groups is 1. The van der Waals surface area contributed by atoms with Crippen molar-refractivity contribution in [2.75, 3.05) is 0 Å². The number of ketones is 1. The predicted molar refractivity (Wildman–Crippen MR) is 150 cm³/mol. The van der Waals surface area contributed by atoms with Gasteiger partial charge < -0.3 is 25.8 Å². The zero-order valence-corrected chi connectivity index (χ0v) is 23.0. The van der Waals surface area contributed by atoms with Crippen molar-refractivity contribution in [3.05, 3.63) is 97.6 Å². The number of para-hydroxylation sites is 1. The Hall–Kier alpha value is -3.86. The van der Waals surface area contributed by atoms with Crippen LogP contribution in [-0.4, -0.2) is 44.8 Å². The Morgan fingerprint density at radius 2 is 1.64 bits per heavy atom. The van der Waals surface area contributed by atoms with Crippen molar-refractivity contribution in [2.24, 2.45) is 0 Å². The Morgan fingerprint density at radius 3 is 2.28 bits per heavy atom. The van der Waals surface area contributed by atoms with Crippen molar-refractivity contribution in [1.29, 1.82) is 0 Å². The number of nitrogens with one attached hydrogen (secondary N) is 3. The summed E-state index contributed by atoms with van der Waals surface area (Å²) in [6, 6.07) is 14.4. The number of aliphatic carboxylic acids is 1. The smallest absolute Gasteiger partial charge is 0.326 e. The molecule has 0 bridgehead atoms. The molecule has 0 spiro atoms. The molecule has 200 valence electrons. The van der Waals surface area contributed by atoms with Crippen LogP contribution >= 0.6 is 39.1 Å². The fraction of sp³-hybridized carbons (Fsp3) is 0.111. The fourth-order valence-corrected chi connectivity index (χ4v) is 5.23. The second kappa shape index (κ2) is 11.9. The van der Waals surface area contributed by atoms with E-state index in [0.29, 0.717) is 15.6 Å². The topological polar surface area (TPSA) is 149 Å². The number of aromatic nitrogens is 1. The van der Waals surface area contributed by atoms with Crippen LogP contribution < -0.4 is 10.6 Å². The molecule has 0 aliphatic rings. The van der Waals surface area contributed by atoms with Gasteiger partial charge in [0, 0.05) is 29.4 Å². The molecule has 0 aliphatic carbocycles. The lowest BCUT2D eigenvalue weighted by Gasteiger charge is -2.15. The molecule has 0 radical (unpaired) electrons. The number of carboxylic acids is 1. The Morgan fingerprint density at radius 1 is 0.949 bits per heavy atom. The summed E-state index contributed by atoms with van der Waals surface area (Å²) in [5.74, 6) is -3.37. The highest BCUT2D eigenvalue weighted by atomic mass is 79.9. The van der Waals surface area contributed by atoms with Gasteiger partial charge in [-0.2, -0.15) is 0 Å². The summed E-state index contributed by atoms with van der Waals surface area (Å²) in [5.41, 5.74) is 1.34. The van der Waals surface area contributed by atoms with Gasteiger partial charge in [0.15, 0.2) is 5.78 Å². The number of H-pyrrole nitrogens is 1. The van der Waals surface area contributed by atoms with Crippen molar-refractivity contribution >= 4 is 73.6 Å². The maximum absolute atomic E-state index is 13.0. The third-order valence-electron chi connectivity index (χ3n) is 5.81. The molecule has 0 saturated carbocycles. The Bertz CT molecular complexity index is 1600. The number of carbonyl (C=O) groups is 4. The standard InChI is InChI=1S/C27H20BrCl2N3O6/c28-23-16-6-1-2-7-19(16)32-24(23)26(37)33-20(27(38)39)11-21(35)22-17(29)9-14(10-18(22)30)25(36)31-12-13-4-3-5-15(34)8-13/h1-10,20,32,34H,11-12H2,(H,31,36)(H,33,37)(H,38,39)/t20-/m0/s1. The third-order valence-corrected chi connectivity index (χ3v) is 7.23. The largest absolute Gasteiger partial charge is 0.508 e. The van der Waals surface area contributed by atoms with Gasteiger partial charge in [-0.05, 0) is 51.8 Å². The molecule has 0 fully saturated rings. The van der Waals surface area contributed by atoms with E-state index in [4.69, 9.17) is 23.2 Å². The number of rotatable bonds is 9. The lowest BCUT2D eigenvalue weighted by Crippen LogP contribution is -2.42. The minimum atomic E-state index is -1.58. The zero-order valence-electron chi connectivity index (χ0n) is 19.9. The summed E-state index contributed by atoms with van der Waals surface area (Å²) in [5, 5.41) is 24.7. The first kappa shape index (κ1) is 28.2. The molecule has 0 saturated heterocycles. The van der Waals surface area contributed by atoms with E-state index in [0.717, 1.165) is 5.39 Å². The maximum atomic E-state index is 13.0. The van der Waals surface area contributed by atoms with Crippen LogP contribution in [0.4, 0.5) is 0 Å². The molecule has 9 nitrogen and oxygen atoms in total. The number of hydrogen-bond donors (Lipinski definition) is 5. The van der Waals surface area contributed by atoms with E-state index >= 15 is 0 Å². The van der Waals surface area contributed by atoms with Crippen molar-refractivity contribution in [3.8, 4) is 5.75 Å². The average Bonchev–Trinajstić information content (AvgIpc) is 3.23. The summed E-state index contributed by atoms with van der Waals surface area (Å²) in [6.07, 6.45) is -0.637. The molecule has 0 aliphatic heterocycles. The van der Waals surface area contributed by atoms with E-state index in [9.17, 15) is 29.4 Å². The molecule has 39 heavy (non-hydrogen) atoms. The lowest BCUT2D eigenvalue weighted by atomic mass is 10.0. The van der Waals surface area contributed by atoms with Crippen LogP contribution in [0.5, 0.6) is 5.75 Å². The molecule has 5 N–H and O–H groups in total. The SMILES string of the molecule is O=C(NCc1cccc(O)c1)c1cc(Cl)c(C(=O)C[C@H](NC(=O)c2[nH]c3ccccc3c2Br)C(=O)O)c(Cl)c1. The van der Waals surface area contributed by atoms with Gasteiger partial charge in [0.1, 0.15) is 17.5 Å². The van der Waals surface area contributed by atoms with Crippen LogP contribution in [0.1, 0.15) is 43.2 Å². The van der Waals surface area contributed by atoms with Gasteiger partial charge in [-0.15, -0.1) is 0 Å². The Balaban J connectivity index is 1.47. The quantitative estimate of drug-likeness (QED) is 0.158. The average molecular weight is 633 g/mol. The van der Waals surface area contributed by atoms with Crippen LogP contribution in [0.3, 0.4) is 0 Å². The van der Waals surface area contributed by atoms with Crippen LogP contribution in [0.2, 0.25) is 10.0 Å². The molecule has 12 heteroatoms. The Kier molecular flexibility index (Phi) is 8.59. The number of amides is 2. The van der Waals surface area contributed by atoms with Crippen LogP contribution in [0.15, 0.2) is 65.1 Å². The molecule has 4 aromatic rings. The summed E-state index contributed by atoms with van der Waals surface area (Å²) in [6.45, 7) is 0.121. The lowest BCUT2D eigenvalue weighted by molar-refractivity contribution is -0.139. The maximum Gasteiger partial charge on any atom is 0.326 e. The van der Waals surface area contributed by atoms with Gasteiger partial charge in [-0.3, -0.25) is 14.4 Å². The van der Waals surface area contributed by atoms with Gasteiger partial charge in [0.2, 0.25) is 0 Å². The summed E-state index contributed by atoms with van der Waals surface area (Å²) in [4.78, 5) is 53.3. The molecular weight excluding hydrogens is 613 g/mol. The van der Waals surface area contributed by atoms with Gasteiger partial charge >= 0.3 is 5.97 Å². The third kappa shape index (κ3) is 6.42. The zero-order chi connectivity index (χ0) is 28.3. The predicted octanol–water partition coefficient (Wildman–Crippen LogP) is 5.33. The number of carboxylic acid groups (broad SMARTS) is 1. The molecule has 2 amide bonds. The first-order valence-corrected chi connectivity index (χ1v) is 13.0. The minimum Gasteiger partial charge on any atom is -0.508 e. The number of fused-ring (bicyclic) bond motifs is 1. The molecule has 0 unspecified atom stereocenters. The highest BCUT2D eigenvalue weighted by molar-refractivity contribution is 9.10. The number of aromatic amines is 1. The van der Waals surface area contributed by atoms with Crippen LogP contribution in [-0.2, 0) is 11.3 Å². The molecule has 1 heterocycles. The number of benzene rings is 3. The molecular formula is C27H20BrCl2N3O6. The van der Waals surface area contributed by atoms with Crippen molar-refractivity contribution in [1.82, 2.24) is 15.6 Å². The van der Waals surface area contributed by atoms with E-state index in [1.165, 1.54) is 24.3 Å². The molecule has 4 rings (SSSR count). The number of Topliss-reactive ketones (excluding diaryl/α,β-unsaturated/α-hetero) is 1. The van der Waals surface area contributed by atoms with Crippen molar-refractivity contribution in [3.63, 3.8) is 0 Å². The minimum absolute atomic E-state index is 0.0560. The second-order valence-electron chi connectivity index (χ2n) is 8.52. The second-order valence-corrected chi connectivity index (χ2v) is 10.1. The number of carbonyl (C=O) groups excluding carboxylic acids is 3. The first-order chi connectivity index (χ1) is 18.5. The summed E-state index contributed by atoms with van der Waals surface area (Å²) in [7, 11) is 0. The number of halogens is 3. The van der Waals surface area contributed by atoms with E-state index in [1.807, 2.05) is 0 Å². The summed E-state index contributed by atoms with van der Waals surface area (Å²) >= 11 is 15.9. The van der Waals surface area contributed by atoms with Gasteiger partial charge in [0.25, 0.3) is 11.8 Å². The van der Waals surface area contributed by atoms with Crippen molar-refractivity contribution in [2.45, 2.75) is 19.0 Å². The van der Waals surface area contributed by atoms with Gasteiger partial charge in [-0.1, -0.05) is 53.5 Å². The molecule has 1 atom stereocenters. The van der Waals surface area contributed by atoms with Gasteiger partial charge in [0.05, 0.1) is 20.1 Å². The fourth-order valence-electron chi connectivity index (χ4n) is 3.90. The monoisotopic (exact) mass is 631 g/mol. The van der Waals surface area contributed by atoms with Crippen LogP contribution in [0.25, 0.3) is 10.9 Å². The van der Waals surface area contributed by atoms with Crippen molar-refractivity contribution < 1.29 is 29.4 Å². The highest BCUT2D eigenvalue weighted by Crippen LogP contribution is 2.30. The van der Waals surface area contributed by atoms with E-state index in [2.05, 4.69) is 31.5 Å². The number of phenolic OH excluding ortho intramolecular Hbond substituents is 1. The van der Waals surface area contributed by atoms with Crippen LogP contribution in [0, 0.1) is 0 Å². The highest BCUT2D eigenvalue weighted by Gasteiger charge is 2.28. The Labute approximate surface area is 240 Å². The number of hydrogen-bond acceptors (Lipinski definition) is 5.